The first-order valence-electron chi connectivity index (χ1n) is 7.40. The first-order valence-corrected chi connectivity index (χ1v) is 9.22. The van der Waals surface area contributed by atoms with E-state index >= 15 is 0 Å². The van der Waals surface area contributed by atoms with E-state index in [9.17, 15) is 8.42 Å². The van der Waals surface area contributed by atoms with Crippen molar-refractivity contribution in [3.63, 3.8) is 0 Å². The highest BCUT2D eigenvalue weighted by atomic mass is 32.2. The number of hydrogen-bond donors (Lipinski definition) is 1. The lowest BCUT2D eigenvalue weighted by Gasteiger charge is -2.19. The molecule has 0 heterocycles. The van der Waals surface area contributed by atoms with E-state index in [1.807, 2.05) is 0 Å². The Labute approximate surface area is 123 Å². The first kappa shape index (κ1) is 17.2. The predicted molar refractivity (Wildman–Crippen MR) is 85.9 cm³/mol. The van der Waals surface area contributed by atoms with Crippen LogP contribution in [0.4, 0.5) is 0 Å². The zero-order valence-electron chi connectivity index (χ0n) is 13.1. The number of benzene rings is 1. The molecule has 1 aromatic rings. The van der Waals surface area contributed by atoms with E-state index in [1.54, 1.807) is 6.92 Å². The fourth-order valence-corrected chi connectivity index (χ4v) is 3.16. The molecule has 0 radical (unpaired) electrons. The third-order valence-corrected chi connectivity index (χ3v) is 5.56. The highest BCUT2D eigenvalue weighted by Gasteiger charge is 2.13. The molecule has 1 unspecified atom stereocenters. The maximum Gasteiger partial charge on any atom is 0.150 e. The zero-order chi connectivity index (χ0) is 15.2. The molecule has 4 heteroatoms. The second kappa shape index (κ2) is 7.79. The van der Waals surface area contributed by atoms with E-state index in [1.165, 1.54) is 16.7 Å². The zero-order valence-corrected chi connectivity index (χ0v) is 13.9. The van der Waals surface area contributed by atoms with Gasteiger partial charge in [-0.15, -0.1) is 0 Å². The fourth-order valence-electron chi connectivity index (χ4n) is 2.27. The molecular weight excluding hydrogens is 270 g/mol. The molecule has 0 aliphatic carbocycles. The second-order valence-electron chi connectivity index (χ2n) is 5.33. The number of aryl methyl sites for hydroxylation is 2. The predicted octanol–water partition coefficient (Wildman–Crippen LogP) is 3.17. The Morgan fingerprint density at radius 1 is 1.15 bits per heavy atom. The molecule has 1 atom stereocenters. The van der Waals surface area contributed by atoms with Gasteiger partial charge in [-0.1, -0.05) is 32.0 Å². The smallest absolute Gasteiger partial charge is 0.150 e. The monoisotopic (exact) mass is 297 g/mol. The SMILES string of the molecule is CCNC(CCCS(=O)(=O)CC)c1ccc(C)c(C)c1. The summed E-state index contributed by atoms with van der Waals surface area (Å²) in [7, 11) is -2.85. The summed E-state index contributed by atoms with van der Waals surface area (Å²) in [5, 5.41) is 3.46. The maximum absolute atomic E-state index is 11.6. The fraction of sp³-hybridized carbons (Fsp3) is 0.625. The van der Waals surface area contributed by atoms with Gasteiger partial charge >= 0.3 is 0 Å². The minimum atomic E-state index is -2.85. The van der Waals surface area contributed by atoms with E-state index in [4.69, 9.17) is 0 Å². The van der Waals surface area contributed by atoms with Crippen molar-refractivity contribution in [1.82, 2.24) is 5.32 Å². The molecule has 114 valence electrons. The molecule has 1 N–H and O–H groups in total. The van der Waals surface area contributed by atoms with Gasteiger partial charge in [0.25, 0.3) is 0 Å². The number of hydrogen-bond acceptors (Lipinski definition) is 3. The van der Waals surface area contributed by atoms with Crippen molar-refractivity contribution >= 4 is 9.84 Å². The van der Waals surface area contributed by atoms with Gasteiger partial charge in [-0.2, -0.15) is 0 Å². The van der Waals surface area contributed by atoms with Crippen molar-refractivity contribution in [2.45, 2.75) is 46.6 Å². The van der Waals surface area contributed by atoms with Crippen LogP contribution < -0.4 is 5.32 Å². The average molecular weight is 297 g/mol. The Kier molecular flexibility index (Phi) is 6.69. The highest BCUT2D eigenvalue weighted by molar-refractivity contribution is 7.91. The van der Waals surface area contributed by atoms with E-state index in [0.29, 0.717) is 6.42 Å². The first-order chi connectivity index (χ1) is 9.39. The van der Waals surface area contributed by atoms with Crippen LogP contribution in [-0.4, -0.2) is 26.5 Å². The van der Waals surface area contributed by atoms with Crippen LogP contribution >= 0.6 is 0 Å². The second-order valence-corrected chi connectivity index (χ2v) is 7.81. The third kappa shape index (κ3) is 5.25. The van der Waals surface area contributed by atoms with Crippen LogP contribution in [-0.2, 0) is 9.84 Å². The molecule has 0 fully saturated rings. The summed E-state index contributed by atoms with van der Waals surface area (Å²) in [6.45, 7) is 8.90. The van der Waals surface area contributed by atoms with Gasteiger partial charge in [0.05, 0.1) is 5.75 Å². The molecule has 1 aromatic carbocycles. The molecule has 0 bridgehead atoms. The lowest BCUT2D eigenvalue weighted by Crippen LogP contribution is -2.22. The molecule has 0 saturated carbocycles. The van der Waals surface area contributed by atoms with Gasteiger partial charge in [0.1, 0.15) is 9.84 Å². The van der Waals surface area contributed by atoms with Crippen LogP contribution in [0.2, 0.25) is 0 Å². The summed E-state index contributed by atoms with van der Waals surface area (Å²) < 4.78 is 23.1. The molecule has 0 amide bonds. The molecular formula is C16H27NO2S. The van der Waals surface area contributed by atoms with E-state index in [-0.39, 0.29) is 17.5 Å². The lowest BCUT2D eigenvalue weighted by atomic mass is 9.98. The van der Waals surface area contributed by atoms with Crippen molar-refractivity contribution in [2.24, 2.45) is 0 Å². The topological polar surface area (TPSA) is 46.2 Å². The normalized spacial score (nSPS) is 13.4. The van der Waals surface area contributed by atoms with E-state index < -0.39 is 9.84 Å². The highest BCUT2D eigenvalue weighted by Crippen LogP contribution is 2.21. The molecule has 3 nitrogen and oxygen atoms in total. The number of nitrogens with one attached hydrogen (secondary N) is 1. The standard InChI is InChI=1S/C16H27NO2S/c1-5-17-16(8-7-11-20(18,19)6-2)15-10-9-13(3)14(4)12-15/h9-10,12,16-17H,5-8,11H2,1-4H3. The van der Waals surface area contributed by atoms with Gasteiger partial charge in [0.2, 0.25) is 0 Å². The van der Waals surface area contributed by atoms with Gasteiger partial charge in [-0.3, -0.25) is 0 Å². The summed E-state index contributed by atoms with van der Waals surface area (Å²) in [5.74, 6) is 0.527. The van der Waals surface area contributed by atoms with Crippen LogP contribution in [0, 0.1) is 13.8 Å². The lowest BCUT2D eigenvalue weighted by molar-refractivity contribution is 0.506. The minimum Gasteiger partial charge on any atom is -0.310 e. The Morgan fingerprint density at radius 2 is 1.85 bits per heavy atom. The molecule has 0 spiro atoms. The third-order valence-electron chi connectivity index (χ3n) is 3.77. The summed E-state index contributed by atoms with van der Waals surface area (Å²) in [6.07, 6.45) is 1.57. The molecule has 0 saturated heterocycles. The van der Waals surface area contributed by atoms with Gasteiger partial charge in [0.15, 0.2) is 0 Å². The van der Waals surface area contributed by atoms with Crippen molar-refractivity contribution < 1.29 is 8.42 Å². The molecule has 0 aromatic heterocycles. The largest absolute Gasteiger partial charge is 0.310 e. The summed E-state index contributed by atoms with van der Waals surface area (Å²) in [4.78, 5) is 0. The maximum atomic E-state index is 11.6. The average Bonchev–Trinajstić information content (AvgIpc) is 2.41. The minimum absolute atomic E-state index is 0.239. The Hall–Kier alpha value is -0.870. The Bertz CT molecular complexity index is 523. The summed E-state index contributed by atoms with van der Waals surface area (Å²) >= 11 is 0. The van der Waals surface area contributed by atoms with Gasteiger partial charge < -0.3 is 5.32 Å². The van der Waals surface area contributed by atoms with E-state index in [0.717, 1.165) is 13.0 Å². The van der Waals surface area contributed by atoms with Crippen molar-refractivity contribution in [3.05, 3.63) is 34.9 Å². The molecule has 0 aliphatic rings. The Balaban J connectivity index is 2.71. The van der Waals surface area contributed by atoms with Crippen LogP contribution in [0.1, 0.15) is 49.4 Å². The summed E-state index contributed by atoms with van der Waals surface area (Å²) in [5.41, 5.74) is 3.83. The Morgan fingerprint density at radius 3 is 2.40 bits per heavy atom. The van der Waals surface area contributed by atoms with Gasteiger partial charge in [0, 0.05) is 11.8 Å². The van der Waals surface area contributed by atoms with Crippen LogP contribution in [0.3, 0.4) is 0 Å². The van der Waals surface area contributed by atoms with Crippen molar-refractivity contribution in [3.8, 4) is 0 Å². The quantitative estimate of drug-likeness (QED) is 0.801. The van der Waals surface area contributed by atoms with Crippen LogP contribution in [0.25, 0.3) is 0 Å². The van der Waals surface area contributed by atoms with Gasteiger partial charge in [-0.25, -0.2) is 8.42 Å². The summed E-state index contributed by atoms with van der Waals surface area (Å²) in [6, 6.07) is 6.73. The number of rotatable bonds is 8. The van der Waals surface area contributed by atoms with Crippen LogP contribution in [0.5, 0.6) is 0 Å². The number of sulfone groups is 1. The van der Waals surface area contributed by atoms with Crippen molar-refractivity contribution in [2.75, 3.05) is 18.1 Å². The van der Waals surface area contributed by atoms with Crippen LogP contribution in [0.15, 0.2) is 18.2 Å². The molecule has 20 heavy (non-hydrogen) atoms. The van der Waals surface area contributed by atoms with Gasteiger partial charge in [-0.05, 0) is 49.9 Å². The van der Waals surface area contributed by atoms with Crippen molar-refractivity contribution in [1.29, 1.82) is 0 Å². The van der Waals surface area contributed by atoms with E-state index in [2.05, 4.69) is 44.3 Å². The molecule has 0 aliphatic heterocycles. The molecule has 1 rings (SSSR count).